The van der Waals surface area contributed by atoms with E-state index in [1.807, 2.05) is 33.0 Å². The number of nitrogens with zero attached hydrogens (tertiary/aromatic N) is 6. The molecule has 0 radical (unpaired) electrons. The Kier molecular flexibility index (Phi) is 11.8. The number of carbonyl (C=O) groups is 2. The predicted octanol–water partition coefficient (Wildman–Crippen LogP) is 6.08. The monoisotopic (exact) mass is 658 g/mol. The maximum absolute atomic E-state index is 12.5. The van der Waals surface area contributed by atoms with Gasteiger partial charge >= 0.3 is 0 Å². The lowest BCUT2D eigenvalue weighted by Gasteiger charge is -2.34. The first-order valence-corrected chi connectivity index (χ1v) is 18.0. The van der Waals surface area contributed by atoms with Gasteiger partial charge in [-0.15, -0.1) is 22.7 Å². The maximum Gasteiger partial charge on any atom is 0.223 e. The number of piperazine rings is 2. The van der Waals surface area contributed by atoms with Crippen molar-refractivity contribution in [1.29, 1.82) is 0 Å². The second-order valence-electron chi connectivity index (χ2n) is 12.1. The van der Waals surface area contributed by atoms with Crippen LogP contribution in [0.15, 0.2) is 59.6 Å². The van der Waals surface area contributed by atoms with Crippen molar-refractivity contribution in [1.82, 2.24) is 19.8 Å². The molecule has 0 unspecified atom stereocenters. The van der Waals surface area contributed by atoms with Crippen LogP contribution in [0.1, 0.15) is 46.2 Å². The summed E-state index contributed by atoms with van der Waals surface area (Å²) in [6.07, 6.45) is 6.53. The zero-order valence-electron chi connectivity index (χ0n) is 27.6. The molecule has 2 aromatic carbocycles. The van der Waals surface area contributed by atoms with Crippen LogP contribution in [0.4, 0.5) is 10.3 Å². The number of amides is 2. The van der Waals surface area contributed by atoms with Crippen LogP contribution in [0.2, 0.25) is 0 Å². The van der Waals surface area contributed by atoms with Gasteiger partial charge in [-0.25, -0.2) is 9.97 Å². The number of hydrogen-bond donors (Lipinski definition) is 0. The van der Waals surface area contributed by atoms with Crippen molar-refractivity contribution < 1.29 is 9.59 Å². The highest BCUT2D eigenvalue weighted by atomic mass is 32.1. The van der Waals surface area contributed by atoms with Gasteiger partial charge in [-0.3, -0.25) is 9.59 Å². The fourth-order valence-corrected chi connectivity index (χ4v) is 7.40. The highest BCUT2D eigenvalue weighted by molar-refractivity contribution is 7.13. The Morgan fingerprint density at radius 1 is 0.609 bits per heavy atom. The molecule has 8 nitrogen and oxygen atoms in total. The topological polar surface area (TPSA) is 72.9 Å². The highest BCUT2D eigenvalue weighted by Crippen LogP contribution is 2.21. The molecule has 2 aliphatic rings. The second kappa shape index (κ2) is 16.2. The summed E-state index contributed by atoms with van der Waals surface area (Å²) in [5, 5.41) is 6.12. The van der Waals surface area contributed by atoms with Crippen LogP contribution >= 0.6 is 22.7 Å². The average Bonchev–Trinajstić information content (AvgIpc) is 3.82. The standard InChI is InChI=1S/2C18H23N3OS/c2*1-14-4-3-5-16(15(14)2)6-7-17(22)20-9-11-21(12-10-20)18-19-8-13-23-18/h2*3-5,8,13H,6-7,9-12H2,1-2H3. The first-order valence-electron chi connectivity index (χ1n) is 16.2. The average molecular weight is 659 g/mol. The minimum atomic E-state index is 0.268. The molecule has 2 saturated heterocycles. The van der Waals surface area contributed by atoms with E-state index in [0.29, 0.717) is 12.8 Å². The molecular formula is C36H46N6O2S2. The minimum absolute atomic E-state index is 0.268. The van der Waals surface area contributed by atoms with Crippen LogP contribution in [0, 0.1) is 27.7 Å². The fourth-order valence-electron chi connectivity index (χ4n) is 6.00. The molecule has 10 heteroatoms. The summed E-state index contributed by atoms with van der Waals surface area (Å²) in [4.78, 5) is 42.1. The number of rotatable bonds is 8. The van der Waals surface area contributed by atoms with Gasteiger partial charge in [0.15, 0.2) is 10.3 Å². The number of thiazole rings is 2. The van der Waals surface area contributed by atoms with Crippen molar-refractivity contribution >= 4 is 44.8 Å². The molecule has 46 heavy (non-hydrogen) atoms. The van der Waals surface area contributed by atoms with Gasteiger partial charge in [0.25, 0.3) is 0 Å². The number of aromatic nitrogens is 2. The van der Waals surface area contributed by atoms with E-state index in [9.17, 15) is 9.59 Å². The number of aryl methyl sites for hydroxylation is 4. The van der Waals surface area contributed by atoms with Gasteiger partial charge in [0.1, 0.15) is 0 Å². The first kappa shape index (κ1) is 33.6. The predicted molar refractivity (Wildman–Crippen MR) is 190 cm³/mol. The first-order chi connectivity index (χ1) is 22.3. The van der Waals surface area contributed by atoms with Gasteiger partial charge in [-0.05, 0) is 73.9 Å². The summed E-state index contributed by atoms with van der Waals surface area (Å²) >= 11 is 3.32. The smallest absolute Gasteiger partial charge is 0.223 e. The van der Waals surface area contributed by atoms with Crippen molar-refractivity contribution in [2.75, 3.05) is 62.2 Å². The molecule has 244 valence electrons. The van der Waals surface area contributed by atoms with E-state index in [1.54, 1.807) is 22.7 Å². The minimum Gasteiger partial charge on any atom is -0.345 e. The lowest BCUT2D eigenvalue weighted by Crippen LogP contribution is -2.48. The van der Waals surface area contributed by atoms with Crippen LogP contribution in [0.25, 0.3) is 0 Å². The summed E-state index contributed by atoms with van der Waals surface area (Å²) in [7, 11) is 0. The van der Waals surface area contributed by atoms with Gasteiger partial charge in [0, 0.05) is 88.4 Å². The van der Waals surface area contributed by atoms with Gasteiger partial charge in [-0.2, -0.15) is 0 Å². The third-order valence-corrected chi connectivity index (χ3v) is 11.0. The normalized spacial score (nSPS) is 15.0. The third kappa shape index (κ3) is 8.73. The Balaban J connectivity index is 0.000000181. The summed E-state index contributed by atoms with van der Waals surface area (Å²) in [5.41, 5.74) is 7.81. The summed E-state index contributed by atoms with van der Waals surface area (Å²) in [5.74, 6) is 0.536. The molecule has 0 bridgehead atoms. The van der Waals surface area contributed by atoms with E-state index in [1.165, 1.54) is 33.4 Å². The van der Waals surface area contributed by atoms with Crippen molar-refractivity contribution in [3.05, 3.63) is 92.9 Å². The van der Waals surface area contributed by atoms with Gasteiger partial charge in [0.2, 0.25) is 11.8 Å². The van der Waals surface area contributed by atoms with E-state index < -0.39 is 0 Å². The molecular weight excluding hydrogens is 613 g/mol. The zero-order valence-corrected chi connectivity index (χ0v) is 29.2. The van der Waals surface area contributed by atoms with E-state index >= 15 is 0 Å². The van der Waals surface area contributed by atoms with Gasteiger partial charge in [-0.1, -0.05) is 36.4 Å². The van der Waals surface area contributed by atoms with E-state index in [-0.39, 0.29) is 11.8 Å². The SMILES string of the molecule is Cc1cccc(CCC(=O)N2CCN(c3nccs3)CC2)c1C.Cc1cccc(CCC(=O)N2CCN(c3nccs3)CC2)c1C. The van der Waals surface area contributed by atoms with Crippen LogP contribution in [0.3, 0.4) is 0 Å². The van der Waals surface area contributed by atoms with Gasteiger partial charge < -0.3 is 19.6 Å². The Bertz CT molecular complexity index is 1440. The molecule has 0 N–H and O–H groups in total. The van der Waals surface area contributed by atoms with Crippen molar-refractivity contribution in [3.63, 3.8) is 0 Å². The lowest BCUT2D eigenvalue weighted by molar-refractivity contribution is -0.132. The largest absolute Gasteiger partial charge is 0.345 e. The Labute approximate surface area is 281 Å². The summed E-state index contributed by atoms with van der Waals surface area (Å²) in [6, 6.07) is 12.7. The van der Waals surface area contributed by atoms with Crippen molar-refractivity contribution in [3.8, 4) is 0 Å². The zero-order chi connectivity index (χ0) is 32.5. The van der Waals surface area contributed by atoms with Crippen molar-refractivity contribution in [2.45, 2.75) is 53.4 Å². The van der Waals surface area contributed by atoms with Crippen LogP contribution in [-0.4, -0.2) is 83.9 Å². The van der Waals surface area contributed by atoms with Crippen molar-refractivity contribution in [2.24, 2.45) is 0 Å². The highest BCUT2D eigenvalue weighted by Gasteiger charge is 2.23. The molecule has 4 heterocycles. The maximum atomic E-state index is 12.5. The summed E-state index contributed by atoms with van der Waals surface area (Å²) in [6.45, 7) is 15.2. The molecule has 0 atom stereocenters. The number of hydrogen-bond acceptors (Lipinski definition) is 8. The fraction of sp³-hybridized carbons (Fsp3) is 0.444. The lowest BCUT2D eigenvalue weighted by atomic mass is 9.99. The number of carbonyl (C=O) groups excluding carboxylic acids is 2. The molecule has 2 aromatic heterocycles. The van der Waals surface area contributed by atoms with E-state index in [2.05, 4.69) is 83.9 Å². The Morgan fingerprint density at radius 3 is 1.35 bits per heavy atom. The third-order valence-electron chi connectivity index (χ3n) is 9.29. The second-order valence-corrected chi connectivity index (χ2v) is 13.8. The molecule has 2 amide bonds. The molecule has 4 aromatic rings. The molecule has 0 spiro atoms. The molecule has 6 rings (SSSR count). The molecule has 2 fully saturated rings. The van der Waals surface area contributed by atoms with E-state index in [4.69, 9.17) is 0 Å². The molecule has 2 aliphatic heterocycles. The van der Waals surface area contributed by atoms with E-state index in [0.717, 1.165) is 75.5 Å². The molecule has 0 aliphatic carbocycles. The van der Waals surface area contributed by atoms with Crippen LogP contribution in [-0.2, 0) is 22.4 Å². The van der Waals surface area contributed by atoms with Crippen LogP contribution < -0.4 is 9.80 Å². The quantitative estimate of drug-likeness (QED) is 0.229. The number of anilines is 2. The summed E-state index contributed by atoms with van der Waals surface area (Å²) < 4.78 is 0. The molecule has 0 saturated carbocycles. The van der Waals surface area contributed by atoms with Crippen LogP contribution in [0.5, 0.6) is 0 Å². The van der Waals surface area contributed by atoms with Gasteiger partial charge in [0.05, 0.1) is 0 Å². The number of benzene rings is 2. The Hall–Kier alpha value is -3.76. The Morgan fingerprint density at radius 2 is 1.00 bits per heavy atom.